The van der Waals surface area contributed by atoms with Gasteiger partial charge in [-0.15, -0.1) is 0 Å². The zero-order valence-corrected chi connectivity index (χ0v) is 10.7. The molecule has 0 aliphatic carbocycles. The molecule has 110 valence electrons. The van der Waals surface area contributed by atoms with E-state index in [1.807, 2.05) is 0 Å². The van der Waals surface area contributed by atoms with Gasteiger partial charge in [0.05, 0.1) is 29.6 Å². The maximum Gasteiger partial charge on any atom is 0.416 e. The summed E-state index contributed by atoms with van der Waals surface area (Å²) in [5.74, 6) is -1.08. The quantitative estimate of drug-likeness (QED) is 0.913. The van der Waals surface area contributed by atoms with E-state index in [0.717, 1.165) is 12.1 Å². The Balaban J connectivity index is 2.45. The number of aliphatic carboxylic acids is 1. The molecular formula is C14H11F3N2O2. The number of carboxylic acid groups (broad SMARTS) is 1. The normalized spacial score (nSPS) is 11.4. The average molecular weight is 296 g/mol. The molecular weight excluding hydrogens is 285 g/mol. The minimum atomic E-state index is -4.45. The summed E-state index contributed by atoms with van der Waals surface area (Å²) in [6, 6.07) is 6.05. The molecule has 0 saturated heterocycles. The number of hydrogen-bond donors (Lipinski definition) is 2. The summed E-state index contributed by atoms with van der Waals surface area (Å²) in [6.07, 6.45) is -3.53. The van der Waals surface area contributed by atoms with E-state index in [-0.39, 0.29) is 23.4 Å². The number of aromatic nitrogens is 1. The van der Waals surface area contributed by atoms with E-state index in [2.05, 4.69) is 4.98 Å². The molecule has 7 heteroatoms. The van der Waals surface area contributed by atoms with Crippen molar-refractivity contribution in [3.05, 3.63) is 47.7 Å². The fourth-order valence-electron chi connectivity index (χ4n) is 1.84. The molecule has 4 nitrogen and oxygen atoms in total. The number of carbonyl (C=O) groups is 1. The van der Waals surface area contributed by atoms with Gasteiger partial charge in [-0.3, -0.25) is 9.78 Å². The minimum absolute atomic E-state index is 0.188. The van der Waals surface area contributed by atoms with Crippen LogP contribution < -0.4 is 5.73 Å². The van der Waals surface area contributed by atoms with Crippen LogP contribution in [0.4, 0.5) is 18.9 Å². The van der Waals surface area contributed by atoms with Crippen LogP contribution in [0.5, 0.6) is 0 Å². The van der Waals surface area contributed by atoms with Gasteiger partial charge in [-0.1, -0.05) is 12.1 Å². The standard InChI is InChI=1S/C14H11F3N2O2/c15-14(16,17)10-3-1-2-8(4-10)12-5-9(6-13(20)21)11(18)7-19-12/h1-5,7H,6,18H2,(H,20,21). The Hall–Kier alpha value is -2.57. The van der Waals surface area contributed by atoms with Crippen molar-refractivity contribution in [3.8, 4) is 11.3 Å². The van der Waals surface area contributed by atoms with E-state index in [0.29, 0.717) is 5.56 Å². The molecule has 1 aromatic heterocycles. The van der Waals surface area contributed by atoms with Gasteiger partial charge in [-0.05, 0) is 23.8 Å². The van der Waals surface area contributed by atoms with Gasteiger partial charge in [-0.2, -0.15) is 13.2 Å². The molecule has 1 heterocycles. The summed E-state index contributed by atoms with van der Waals surface area (Å²) in [5, 5.41) is 8.78. The fourth-order valence-corrected chi connectivity index (χ4v) is 1.84. The smallest absolute Gasteiger partial charge is 0.416 e. The third kappa shape index (κ3) is 3.50. The number of anilines is 1. The summed E-state index contributed by atoms with van der Waals surface area (Å²) in [5.41, 5.74) is 5.80. The lowest BCUT2D eigenvalue weighted by molar-refractivity contribution is -0.138. The Morgan fingerprint density at radius 1 is 1.29 bits per heavy atom. The van der Waals surface area contributed by atoms with Crippen LogP contribution in [0, 0.1) is 0 Å². The van der Waals surface area contributed by atoms with Gasteiger partial charge in [0.1, 0.15) is 0 Å². The molecule has 0 atom stereocenters. The van der Waals surface area contributed by atoms with Gasteiger partial charge in [0.15, 0.2) is 0 Å². The lowest BCUT2D eigenvalue weighted by atomic mass is 10.0. The van der Waals surface area contributed by atoms with Crippen molar-refractivity contribution in [3.63, 3.8) is 0 Å². The highest BCUT2D eigenvalue weighted by atomic mass is 19.4. The maximum absolute atomic E-state index is 12.7. The molecule has 2 aromatic rings. The molecule has 0 spiro atoms. The Morgan fingerprint density at radius 2 is 2.00 bits per heavy atom. The van der Waals surface area contributed by atoms with E-state index in [1.54, 1.807) is 0 Å². The van der Waals surface area contributed by atoms with Crippen LogP contribution in [-0.2, 0) is 17.4 Å². The molecule has 0 aliphatic rings. The van der Waals surface area contributed by atoms with Gasteiger partial charge in [0, 0.05) is 5.56 Å². The van der Waals surface area contributed by atoms with Gasteiger partial charge in [-0.25, -0.2) is 0 Å². The zero-order valence-electron chi connectivity index (χ0n) is 10.7. The van der Waals surface area contributed by atoms with Crippen LogP contribution in [0.25, 0.3) is 11.3 Å². The van der Waals surface area contributed by atoms with Crippen LogP contribution in [0.1, 0.15) is 11.1 Å². The summed E-state index contributed by atoms with van der Waals surface area (Å²) in [4.78, 5) is 14.7. The first kappa shape index (κ1) is 14.8. The molecule has 0 amide bonds. The number of halogens is 3. The van der Waals surface area contributed by atoms with Gasteiger partial charge < -0.3 is 10.8 Å². The molecule has 0 radical (unpaired) electrons. The number of alkyl halides is 3. The van der Waals surface area contributed by atoms with Crippen molar-refractivity contribution in [1.29, 1.82) is 0 Å². The predicted octanol–water partition coefficient (Wildman–Crippen LogP) is 2.98. The predicted molar refractivity (Wildman–Crippen MR) is 70.4 cm³/mol. The van der Waals surface area contributed by atoms with Crippen molar-refractivity contribution >= 4 is 11.7 Å². The van der Waals surface area contributed by atoms with Crippen LogP contribution in [0.2, 0.25) is 0 Å². The second-order valence-corrected chi connectivity index (χ2v) is 4.42. The maximum atomic E-state index is 12.7. The molecule has 0 bridgehead atoms. The number of nitrogens with zero attached hydrogens (tertiary/aromatic N) is 1. The molecule has 1 aromatic carbocycles. The number of carboxylic acids is 1. The number of nitrogen functional groups attached to an aromatic ring is 1. The van der Waals surface area contributed by atoms with E-state index in [9.17, 15) is 18.0 Å². The highest BCUT2D eigenvalue weighted by molar-refractivity contribution is 5.74. The van der Waals surface area contributed by atoms with Crippen LogP contribution in [0.15, 0.2) is 36.5 Å². The first-order valence-corrected chi connectivity index (χ1v) is 5.91. The molecule has 3 N–H and O–H groups in total. The molecule has 0 unspecified atom stereocenters. The largest absolute Gasteiger partial charge is 0.481 e. The van der Waals surface area contributed by atoms with E-state index in [1.165, 1.54) is 24.4 Å². The van der Waals surface area contributed by atoms with Gasteiger partial charge in [0.2, 0.25) is 0 Å². The Morgan fingerprint density at radius 3 is 2.62 bits per heavy atom. The van der Waals surface area contributed by atoms with E-state index in [4.69, 9.17) is 10.8 Å². The Labute approximate surface area is 118 Å². The number of rotatable bonds is 3. The second kappa shape index (κ2) is 5.43. The van der Waals surface area contributed by atoms with Crippen molar-refractivity contribution in [2.45, 2.75) is 12.6 Å². The fraction of sp³-hybridized carbons (Fsp3) is 0.143. The lowest BCUT2D eigenvalue weighted by Crippen LogP contribution is -2.06. The SMILES string of the molecule is Nc1cnc(-c2cccc(C(F)(F)F)c2)cc1CC(=O)O. The monoisotopic (exact) mass is 296 g/mol. The highest BCUT2D eigenvalue weighted by Crippen LogP contribution is 2.32. The summed E-state index contributed by atoms with van der Waals surface area (Å²) in [6.45, 7) is 0. The van der Waals surface area contributed by atoms with E-state index < -0.39 is 17.7 Å². The Kier molecular flexibility index (Phi) is 3.84. The lowest BCUT2D eigenvalue weighted by Gasteiger charge is -2.10. The van der Waals surface area contributed by atoms with Crippen molar-refractivity contribution in [2.24, 2.45) is 0 Å². The zero-order chi connectivity index (χ0) is 15.6. The minimum Gasteiger partial charge on any atom is -0.481 e. The second-order valence-electron chi connectivity index (χ2n) is 4.42. The number of pyridine rings is 1. The van der Waals surface area contributed by atoms with Crippen LogP contribution in [-0.4, -0.2) is 16.1 Å². The Bertz CT molecular complexity index is 684. The summed E-state index contributed by atoms with van der Waals surface area (Å²) < 4.78 is 38.0. The summed E-state index contributed by atoms with van der Waals surface area (Å²) >= 11 is 0. The first-order valence-electron chi connectivity index (χ1n) is 5.91. The molecule has 0 saturated carbocycles. The summed E-state index contributed by atoms with van der Waals surface area (Å²) in [7, 11) is 0. The van der Waals surface area contributed by atoms with Crippen molar-refractivity contribution < 1.29 is 23.1 Å². The molecule has 21 heavy (non-hydrogen) atoms. The van der Waals surface area contributed by atoms with Crippen LogP contribution in [0.3, 0.4) is 0 Å². The number of hydrogen-bond acceptors (Lipinski definition) is 3. The average Bonchev–Trinajstić information content (AvgIpc) is 2.40. The van der Waals surface area contributed by atoms with Crippen LogP contribution >= 0.6 is 0 Å². The van der Waals surface area contributed by atoms with Crippen molar-refractivity contribution in [1.82, 2.24) is 4.98 Å². The molecule has 0 aliphatic heterocycles. The van der Waals surface area contributed by atoms with Gasteiger partial charge in [0.25, 0.3) is 0 Å². The van der Waals surface area contributed by atoms with Crippen molar-refractivity contribution in [2.75, 3.05) is 5.73 Å². The third-order valence-electron chi connectivity index (χ3n) is 2.85. The first-order chi connectivity index (χ1) is 9.77. The molecule has 2 rings (SSSR count). The number of benzene rings is 1. The highest BCUT2D eigenvalue weighted by Gasteiger charge is 2.30. The van der Waals surface area contributed by atoms with E-state index >= 15 is 0 Å². The number of nitrogens with two attached hydrogens (primary N) is 1. The third-order valence-corrected chi connectivity index (χ3v) is 2.85. The molecule has 0 fully saturated rings. The van der Waals surface area contributed by atoms with Gasteiger partial charge >= 0.3 is 12.1 Å². The topological polar surface area (TPSA) is 76.2 Å².